The Morgan fingerprint density at radius 2 is 2.29 bits per heavy atom. The number of nitriles is 1. The maximum absolute atomic E-state index is 8.40. The molecule has 0 bridgehead atoms. The highest BCUT2D eigenvalue weighted by atomic mass is 14.9. The number of rotatable bonds is 0. The van der Waals surface area contributed by atoms with E-state index in [9.17, 15) is 0 Å². The Morgan fingerprint density at radius 1 is 1.36 bits per heavy atom. The van der Waals surface area contributed by atoms with Crippen LogP contribution < -0.4 is 5.32 Å². The summed E-state index contributed by atoms with van der Waals surface area (Å²) in [5.41, 5.74) is 3.61. The van der Waals surface area contributed by atoms with Crippen LogP contribution in [0.15, 0.2) is 18.2 Å². The molecule has 1 heterocycles. The lowest BCUT2D eigenvalue weighted by atomic mass is 9.96. The molecule has 0 radical (unpaired) electrons. The van der Waals surface area contributed by atoms with Gasteiger partial charge in [-0.15, -0.1) is 0 Å². The Labute approximate surface area is 83.6 Å². The van der Waals surface area contributed by atoms with Gasteiger partial charge < -0.3 is 5.32 Å². The topological polar surface area (TPSA) is 35.8 Å². The Kier molecular flexibility index (Phi) is 2.49. The van der Waals surface area contributed by atoms with Crippen molar-refractivity contribution < 1.29 is 0 Å². The highest BCUT2D eigenvalue weighted by Gasteiger charge is 2.10. The molecule has 0 saturated heterocycles. The molecule has 0 atom stereocenters. The van der Waals surface area contributed by atoms with E-state index >= 15 is 0 Å². The first-order valence-electron chi connectivity index (χ1n) is 4.63. The zero-order chi connectivity index (χ0) is 9.80. The standard InChI is InChI=1S/C12H10N2/c13-7-2-5-10-3-1-4-11-9-14-8-6-12(10)11/h1,3-4,14H,6,8-9H2. The third-order valence-electron chi connectivity index (χ3n) is 2.39. The Balaban J connectivity index is 2.46. The van der Waals surface area contributed by atoms with Crippen LogP contribution in [0, 0.1) is 23.2 Å². The average Bonchev–Trinajstić information content (AvgIpc) is 2.26. The molecule has 0 aromatic heterocycles. The lowest BCUT2D eigenvalue weighted by molar-refractivity contribution is 0.643. The average molecular weight is 182 g/mol. The highest BCUT2D eigenvalue weighted by Crippen LogP contribution is 2.17. The molecular weight excluding hydrogens is 172 g/mol. The van der Waals surface area contributed by atoms with Crippen molar-refractivity contribution in [3.05, 3.63) is 34.9 Å². The monoisotopic (exact) mass is 182 g/mol. The third-order valence-corrected chi connectivity index (χ3v) is 2.39. The van der Waals surface area contributed by atoms with Crippen LogP contribution in [-0.4, -0.2) is 6.54 Å². The van der Waals surface area contributed by atoms with Gasteiger partial charge >= 0.3 is 0 Å². The SMILES string of the molecule is N#CC#Cc1cccc2c1CCNC2. The van der Waals surface area contributed by atoms with E-state index in [0.29, 0.717) is 0 Å². The molecule has 0 aliphatic carbocycles. The maximum Gasteiger partial charge on any atom is 0.152 e. The van der Waals surface area contributed by atoms with E-state index in [4.69, 9.17) is 5.26 Å². The fourth-order valence-corrected chi connectivity index (χ4v) is 1.74. The van der Waals surface area contributed by atoms with E-state index in [0.717, 1.165) is 25.1 Å². The van der Waals surface area contributed by atoms with Crippen molar-refractivity contribution in [1.82, 2.24) is 5.32 Å². The minimum Gasteiger partial charge on any atom is -0.312 e. The second-order valence-corrected chi connectivity index (χ2v) is 3.23. The van der Waals surface area contributed by atoms with E-state index < -0.39 is 0 Å². The molecule has 68 valence electrons. The van der Waals surface area contributed by atoms with Crippen molar-refractivity contribution in [1.29, 1.82) is 5.26 Å². The van der Waals surface area contributed by atoms with Crippen LogP contribution in [0.4, 0.5) is 0 Å². The Hall–Kier alpha value is -1.77. The van der Waals surface area contributed by atoms with Gasteiger partial charge in [0, 0.05) is 18.0 Å². The van der Waals surface area contributed by atoms with E-state index in [1.807, 2.05) is 18.2 Å². The van der Waals surface area contributed by atoms with Gasteiger partial charge in [-0.25, -0.2) is 0 Å². The van der Waals surface area contributed by atoms with E-state index in [1.165, 1.54) is 11.1 Å². The molecule has 0 unspecified atom stereocenters. The number of nitrogens with one attached hydrogen (secondary N) is 1. The summed E-state index contributed by atoms with van der Waals surface area (Å²) in [4.78, 5) is 0. The fourth-order valence-electron chi connectivity index (χ4n) is 1.74. The van der Waals surface area contributed by atoms with Gasteiger partial charge in [0.15, 0.2) is 6.07 Å². The van der Waals surface area contributed by atoms with Crippen LogP contribution in [0.1, 0.15) is 16.7 Å². The fraction of sp³-hybridized carbons (Fsp3) is 0.250. The van der Waals surface area contributed by atoms with Crippen LogP contribution >= 0.6 is 0 Å². The molecule has 1 N–H and O–H groups in total. The number of benzene rings is 1. The van der Waals surface area contributed by atoms with Gasteiger partial charge in [-0.1, -0.05) is 18.1 Å². The maximum atomic E-state index is 8.40. The summed E-state index contributed by atoms with van der Waals surface area (Å²) in [6, 6.07) is 7.93. The first-order valence-corrected chi connectivity index (χ1v) is 4.63. The van der Waals surface area contributed by atoms with Gasteiger partial charge in [-0.2, -0.15) is 5.26 Å². The summed E-state index contributed by atoms with van der Waals surface area (Å²) in [6.07, 6.45) is 1.01. The number of nitrogens with zero attached hydrogens (tertiary/aromatic N) is 1. The largest absolute Gasteiger partial charge is 0.312 e. The van der Waals surface area contributed by atoms with Crippen molar-refractivity contribution in [2.45, 2.75) is 13.0 Å². The molecule has 2 nitrogen and oxygen atoms in total. The van der Waals surface area contributed by atoms with E-state index in [-0.39, 0.29) is 0 Å². The second kappa shape index (κ2) is 3.96. The van der Waals surface area contributed by atoms with E-state index in [1.54, 1.807) is 0 Å². The summed E-state index contributed by atoms with van der Waals surface area (Å²) in [5.74, 6) is 5.33. The quantitative estimate of drug-likeness (QED) is 0.612. The van der Waals surface area contributed by atoms with Gasteiger partial charge in [0.2, 0.25) is 0 Å². The zero-order valence-corrected chi connectivity index (χ0v) is 7.80. The lowest BCUT2D eigenvalue weighted by Gasteiger charge is -2.17. The van der Waals surface area contributed by atoms with Crippen LogP contribution in [0.5, 0.6) is 0 Å². The molecule has 2 rings (SSSR count). The number of hydrogen-bond donors (Lipinski definition) is 1. The lowest BCUT2D eigenvalue weighted by Crippen LogP contribution is -2.24. The van der Waals surface area contributed by atoms with Crippen LogP contribution in [0.2, 0.25) is 0 Å². The highest BCUT2D eigenvalue weighted by molar-refractivity contribution is 5.48. The molecular formula is C12H10N2. The zero-order valence-electron chi connectivity index (χ0n) is 7.80. The Bertz CT molecular complexity index is 444. The molecule has 14 heavy (non-hydrogen) atoms. The molecule has 2 heteroatoms. The van der Waals surface area contributed by atoms with Crippen LogP contribution in [0.3, 0.4) is 0 Å². The minimum atomic E-state index is 0.914. The molecule has 0 fully saturated rings. The van der Waals surface area contributed by atoms with Crippen molar-refractivity contribution in [2.75, 3.05) is 6.54 Å². The summed E-state index contributed by atoms with van der Waals surface area (Å²) in [6.45, 7) is 1.91. The molecule has 0 amide bonds. The van der Waals surface area contributed by atoms with Gasteiger partial charge in [0.1, 0.15) is 0 Å². The molecule has 0 spiro atoms. The number of hydrogen-bond acceptors (Lipinski definition) is 2. The van der Waals surface area contributed by atoms with E-state index in [2.05, 4.69) is 23.2 Å². The Morgan fingerprint density at radius 3 is 3.14 bits per heavy atom. The smallest absolute Gasteiger partial charge is 0.152 e. The van der Waals surface area contributed by atoms with Gasteiger partial charge in [0.25, 0.3) is 0 Å². The molecule has 1 aromatic carbocycles. The second-order valence-electron chi connectivity index (χ2n) is 3.23. The predicted octanol–water partition coefficient (Wildman–Crippen LogP) is 1.21. The van der Waals surface area contributed by atoms with Gasteiger partial charge in [-0.05, 0) is 30.2 Å². The van der Waals surface area contributed by atoms with Gasteiger partial charge in [-0.3, -0.25) is 0 Å². The normalized spacial score (nSPS) is 13.4. The molecule has 1 aliphatic heterocycles. The summed E-state index contributed by atoms with van der Waals surface area (Å²) >= 11 is 0. The van der Waals surface area contributed by atoms with Crippen molar-refractivity contribution in [3.8, 4) is 17.9 Å². The summed E-state index contributed by atoms with van der Waals surface area (Å²) < 4.78 is 0. The van der Waals surface area contributed by atoms with Crippen molar-refractivity contribution in [3.63, 3.8) is 0 Å². The molecule has 1 aliphatic rings. The van der Waals surface area contributed by atoms with Crippen molar-refractivity contribution >= 4 is 0 Å². The minimum absolute atomic E-state index is 0.914. The van der Waals surface area contributed by atoms with Crippen molar-refractivity contribution in [2.24, 2.45) is 0 Å². The van der Waals surface area contributed by atoms with Crippen LogP contribution in [-0.2, 0) is 13.0 Å². The number of fused-ring (bicyclic) bond motifs is 1. The first-order chi connectivity index (χ1) is 6.92. The summed E-state index contributed by atoms with van der Waals surface area (Å²) in [5, 5.41) is 11.7. The first kappa shape index (κ1) is 8.81. The molecule has 1 aromatic rings. The third kappa shape index (κ3) is 1.62. The summed E-state index contributed by atoms with van der Waals surface area (Å²) in [7, 11) is 0. The molecule has 0 saturated carbocycles. The predicted molar refractivity (Wildman–Crippen MR) is 54.3 cm³/mol. The van der Waals surface area contributed by atoms with Crippen LogP contribution in [0.25, 0.3) is 0 Å². The van der Waals surface area contributed by atoms with Gasteiger partial charge in [0.05, 0.1) is 0 Å².